The topological polar surface area (TPSA) is 63.7 Å². The van der Waals surface area contributed by atoms with Crippen molar-refractivity contribution in [2.45, 2.75) is 17.7 Å². The molecule has 0 aliphatic carbocycles. The van der Waals surface area contributed by atoms with E-state index in [2.05, 4.69) is 4.74 Å². The van der Waals surface area contributed by atoms with Crippen molar-refractivity contribution in [2.24, 2.45) is 0 Å². The lowest BCUT2D eigenvalue weighted by atomic mass is 10.3. The zero-order valence-electron chi connectivity index (χ0n) is 10.8. The second-order valence-electron chi connectivity index (χ2n) is 3.94. The fourth-order valence-corrected chi connectivity index (χ4v) is 2.76. The summed E-state index contributed by atoms with van der Waals surface area (Å²) < 4.78 is 43.1. The Morgan fingerprint density at radius 2 is 2.00 bits per heavy atom. The number of rotatable bonds is 6. The number of hydrogen-bond donors (Lipinski definition) is 0. The number of methoxy groups -OCH3 is 1. The van der Waals surface area contributed by atoms with Crippen LogP contribution < -0.4 is 0 Å². The molecule has 0 fully saturated rings. The maximum Gasteiger partial charge on any atom is 0.305 e. The van der Waals surface area contributed by atoms with Crippen molar-refractivity contribution in [3.63, 3.8) is 0 Å². The first kappa shape index (κ1) is 15.6. The summed E-state index contributed by atoms with van der Waals surface area (Å²) in [5.41, 5.74) is 0. The predicted molar refractivity (Wildman–Crippen MR) is 67.5 cm³/mol. The van der Waals surface area contributed by atoms with Crippen LogP contribution in [0, 0.1) is 5.82 Å². The third-order valence-corrected chi connectivity index (χ3v) is 4.50. The first-order valence-electron chi connectivity index (χ1n) is 5.67. The average molecular weight is 289 g/mol. The highest BCUT2D eigenvalue weighted by atomic mass is 32.2. The molecule has 0 aliphatic heterocycles. The summed E-state index contributed by atoms with van der Waals surface area (Å²) in [5, 5.41) is 0. The third-order valence-electron chi connectivity index (χ3n) is 2.61. The fraction of sp³-hybridized carbons (Fsp3) is 0.417. The van der Waals surface area contributed by atoms with E-state index in [1.54, 1.807) is 0 Å². The molecular weight excluding hydrogens is 273 g/mol. The summed E-state index contributed by atoms with van der Waals surface area (Å²) in [6.45, 7) is 0.117. The first-order valence-corrected chi connectivity index (χ1v) is 7.11. The van der Waals surface area contributed by atoms with Crippen molar-refractivity contribution < 1.29 is 22.3 Å². The van der Waals surface area contributed by atoms with Gasteiger partial charge in [0.05, 0.1) is 7.11 Å². The summed E-state index contributed by atoms with van der Waals surface area (Å²) in [6, 6.07) is 5.18. The molecule has 0 heterocycles. The fourth-order valence-electron chi connectivity index (χ4n) is 1.49. The molecular formula is C12H16FNO4S. The van der Waals surface area contributed by atoms with E-state index >= 15 is 0 Å². The Bertz CT molecular complexity index is 544. The molecule has 106 valence electrons. The smallest absolute Gasteiger partial charge is 0.305 e. The molecule has 5 nitrogen and oxygen atoms in total. The van der Waals surface area contributed by atoms with E-state index in [0.29, 0.717) is 6.42 Å². The van der Waals surface area contributed by atoms with Gasteiger partial charge in [0.1, 0.15) is 10.7 Å². The molecule has 0 bridgehead atoms. The highest BCUT2D eigenvalue weighted by Gasteiger charge is 2.23. The average Bonchev–Trinajstić information content (AvgIpc) is 2.38. The van der Waals surface area contributed by atoms with Gasteiger partial charge in [0, 0.05) is 20.0 Å². The van der Waals surface area contributed by atoms with Crippen molar-refractivity contribution in [1.29, 1.82) is 0 Å². The lowest BCUT2D eigenvalue weighted by Crippen LogP contribution is -2.29. The second-order valence-corrected chi connectivity index (χ2v) is 5.95. The molecule has 0 radical (unpaired) electrons. The third kappa shape index (κ3) is 4.00. The van der Waals surface area contributed by atoms with Crippen LogP contribution in [0.15, 0.2) is 29.2 Å². The van der Waals surface area contributed by atoms with E-state index in [-0.39, 0.29) is 17.9 Å². The Balaban J connectivity index is 2.73. The van der Waals surface area contributed by atoms with Gasteiger partial charge in [-0.2, -0.15) is 0 Å². The van der Waals surface area contributed by atoms with Crippen molar-refractivity contribution in [3.8, 4) is 0 Å². The molecule has 7 heteroatoms. The lowest BCUT2D eigenvalue weighted by molar-refractivity contribution is -0.140. The highest BCUT2D eigenvalue weighted by molar-refractivity contribution is 7.89. The van der Waals surface area contributed by atoms with Crippen LogP contribution in [-0.2, 0) is 19.6 Å². The number of nitrogens with zero attached hydrogens (tertiary/aromatic N) is 1. The van der Waals surface area contributed by atoms with Crippen LogP contribution in [0.4, 0.5) is 4.39 Å². The van der Waals surface area contributed by atoms with Crippen molar-refractivity contribution in [3.05, 3.63) is 30.1 Å². The van der Waals surface area contributed by atoms with Crippen molar-refractivity contribution in [2.75, 3.05) is 20.7 Å². The summed E-state index contributed by atoms with van der Waals surface area (Å²) in [6.07, 6.45) is 0.435. The van der Waals surface area contributed by atoms with Crippen LogP contribution in [0.1, 0.15) is 12.8 Å². The molecule has 0 atom stereocenters. The Kier molecular flexibility index (Phi) is 5.44. The van der Waals surface area contributed by atoms with Gasteiger partial charge in [-0.05, 0) is 18.6 Å². The van der Waals surface area contributed by atoms with Gasteiger partial charge in [0.25, 0.3) is 0 Å². The number of carbonyl (C=O) groups is 1. The number of hydrogen-bond acceptors (Lipinski definition) is 4. The maximum atomic E-state index is 13.5. The molecule has 0 aliphatic rings. The van der Waals surface area contributed by atoms with Gasteiger partial charge >= 0.3 is 5.97 Å². The van der Waals surface area contributed by atoms with Crippen LogP contribution in [0.25, 0.3) is 0 Å². The Morgan fingerprint density at radius 1 is 1.37 bits per heavy atom. The van der Waals surface area contributed by atoms with E-state index in [9.17, 15) is 17.6 Å². The van der Waals surface area contributed by atoms with Crippen LogP contribution in [0.2, 0.25) is 0 Å². The van der Waals surface area contributed by atoms with Crippen LogP contribution in [0.3, 0.4) is 0 Å². The SMILES string of the molecule is COC(=O)CCCN(C)S(=O)(=O)c1ccccc1F. The van der Waals surface area contributed by atoms with Crippen LogP contribution >= 0.6 is 0 Å². The van der Waals surface area contributed by atoms with Gasteiger partial charge in [0.2, 0.25) is 10.0 Å². The molecule has 0 aromatic heterocycles. The molecule has 0 unspecified atom stereocenters. The summed E-state index contributed by atoms with van der Waals surface area (Å²) in [4.78, 5) is 10.6. The van der Waals surface area contributed by atoms with Crippen LogP contribution in [0.5, 0.6) is 0 Å². The van der Waals surface area contributed by atoms with E-state index in [1.165, 1.54) is 32.4 Å². The predicted octanol–water partition coefficient (Wildman–Crippen LogP) is 1.40. The number of esters is 1. The number of benzene rings is 1. The molecule has 1 aromatic rings. The van der Waals surface area contributed by atoms with Crippen LogP contribution in [-0.4, -0.2) is 39.4 Å². The van der Waals surface area contributed by atoms with Gasteiger partial charge in [-0.25, -0.2) is 17.1 Å². The summed E-state index contributed by atoms with van der Waals surface area (Å²) in [5.74, 6) is -1.20. The largest absolute Gasteiger partial charge is 0.469 e. The number of halogens is 1. The van der Waals surface area contributed by atoms with Gasteiger partial charge in [-0.1, -0.05) is 12.1 Å². The van der Waals surface area contributed by atoms with Crippen molar-refractivity contribution in [1.82, 2.24) is 4.31 Å². The summed E-state index contributed by atoms with van der Waals surface area (Å²) >= 11 is 0. The first-order chi connectivity index (χ1) is 8.89. The standard InChI is InChI=1S/C12H16FNO4S/c1-14(9-5-8-12(15)18-2)19(16,17)11-7-4-3-6-10(11)13/h3-4,6-7H,5,8-9H2,1-2H3. The zero-order chi connectivity index (χ0) is 14.5. The molecule has 0 spiro atoms. The Labute approximate surface area is 112 Å². The quantitative estimate of drug-likeness (QED) is 0.743. The molecule has 19 heavy (non-hydrogen) atoms. The Morgan fingerprint density at radius 3 is 2.58 bits per heavy atom. The summed E-state index contributed by atoms with van der Waals surface area (Å²) in [7, 11) is -1.26. The molecule has 0 amide bonds. The minimum atomic E-state index is -3.87. The normalized spacial score (nSPS) is 11.6. The highest BCUT2D eigenvalue weighted by Crippen LogP contribution is 2.18. The molecule has 0 saturated carbocycles. The molecule has 0 saturated heterocycles. The van der Waals surface area contributed by atoms with Gasteiger partial charge in [-0.3, -0.25) is 4.79 Å². The number of ether oxygens (including phenoxy) is 1. The van der Waals surface area contributed by atoms with Gasteiger partial charge in [-0.15, -0.1) is 0 Å². The monoisotopic (exact) mass is 289 g/mol. The molecule has 0 N–H and O–H groups in total. The number of sulfonamides is 1. The second kappa shape index (κ2) is 6.63. The molecule has 1 aromatic carbocycles. The van der Waals surface area contributed by atoms with E-state index in [4.69, 9.17) is 0 Å². The van der Waals surface area contributed by atoms with Gasteiger partial charge in [0.15, 0.2) is 0 Å². The zero-order valence-corrected chi connectivity index (χ0v) is 11.6. The van der Waals surface area contributed by atoms with E-state index in [0.717, 1.165) is 10.4 Å². The van der Waals surface area contributed by atoms with E-state index < -0.39 is 21.8 Å². The lowest BCUT2D eigenvalue weighted by Gasteiger charge is -2.17. The molecule has 1 rings (SSSR count). The van der Waals surface area contributed by atoms with Crippen molar-refractivity contribution >= 4 is 16.0 Å². The maximum absolute atomic E-state index is 13.5. The van der Waals surface area contributed by atoms with Gasteiger partial charge < -0.3 is 4.74 Å². The minimum absolute atomic E-state index is 0.117. The van der Waals surface area contributed by atoms with E-state index in [1.807, 2.05) is 0 Å². The minimum Gasteiger partial charge on any atom is -0.469 e. The number of carbonyl (C=O) groups excluding carboxylic acids is 1. The Hall–Kier alpha value is -1.47.